The highest BCUT2D eigenvalue weighted by atomic mass is 16.5. The van der Waals surface area contributed by atoms with Crippen LogP contribution in [-0.2, 0) is 6.42 Å². The minimum Gasteiger partial charge on any atom is -0.508 e. The smallest absolute Gasteiger partial charge is 0.118 e. The van der Waals surface area contributed by atoms with Crippen LogP contribution in [0.25, 0.3) is 10.9 Å². The van der Waals surface area contributed by atoms with Gasteiger partial charge in [-0.05, 0) is 53.4 Å². The molecule has 0 spiro atoms. The van der Waals surface area contributed by atoms with Gasteiger partial charge >= 0.3 is 0 Å². The average molecular weight is 372 g/mol. The van der Waals surface area contributed by atoms with Crippen molar-refractivity contribution in [3.63, 3.8) is 0 Å². The van der Waals surface area contributed by atoms with E-state index in [-0.39, 0.29) is 11.8 Å². The first-order valence-electron chi connectivity index (χ1n) is 9.46. The molecule has 1 aromatic heterocycles. The molecule has 142 valence electrons. The number of nitrogens with one attached hydrogen (secondary N) is 2. The Labute approximate surface area is 164 Å². The lowest BCUT2D eigenvalue weighted by atomic mass is 9.98. The van der Waals surface area contributed by atoms with E-state index in [0.717, 1.165) is 29.8 Å². The fourth-order valence-electron chi connectivity index (χ4n) is 3.58. The van der Waals surface area contributed by atoms with Gasteiger partial charge in [0.15, 0.2) is 0 Å². The number of aromatic hydroxyl groups is 1. The summed E-state index contributed by atoms with van der Waals surface area (Å²) in [6.45, 7) is 0.833. The van der Waals surface area contributed by atoms with Crippen LogP contribution in [0.1, 0.15) is 22.7 Å². The van der Waals surface area contributed by atoms with Crippen molar-refractivity contribution in [3.8, 4) is 11.5 Å². The number of phenols is 1. The van der Waals surface area contributed by atoms with E-state index in [0.29, 0.717) is 0 Å². The molecule has 1 heterocycles. The Balaban J connectivity index is 1.53. The Kier molecular flexibility index (Phi) is 5.31. The molecule has 0 aliphatic carbocycles. The van der Waals surface area contributed by atoms with Crippen molar-refractivity contribution in [1.29, 1.82) is 0 Å². The van der Waals surface area contributed by atoms with E-state index in [4.69, 9.17) is 4.74 Å². The fourth-order valence-corrected chi connectivity index (χ4v) is 3.58. The first-order valence-corrected chi connectivity index (χ1v) is 9.46. The van der Waals surface area contributed by atoms with Gasteiger partial charge in [0.2, 0.25) is 0 Å². The summed E-state index contributed by atoms with van der Waals surface area (Å²) in [5.74, 6) is 1.11. The highest BCUT2D eigenvalue weighted by Gasteiger charge is 2.14. The summed E-state index contributed by atoms with van der Waals surface area (Å²) in [7, 11) is 1.67. The van der Waals surface area contributed by atoms with E-state index >= 15 is 0 Å². The third-order valence-electron chi connectivity index (χ3n) is 5.09. The number of hydrogen-bond acceptors (Lipinski definition) is 3. The van der Waals surface area contributed by atoms with Gasteiger partial charge in [-0.3, -0.25) is 0 Å². The lowest BCUT2D eigenvalue weighted by Crippen LogP contribution is -2.24. The Bertz CT molecular complexity index is 1040. The number of para-hydroxylation sites is 1. The highest BCUT2D eigenvalue weighted by Crippen LogP contribution is 2.26. The van der Waals surface area contributed by atoms with Crippen LogP contribution in [0, 0.1) is 0 Å². The fraction of sp³-hybridized carbons (Fsp3) is 0.167. The van der Waals surface area contributed by atoms with Crippen molar-refractivity contribution < 1.29 is 9.84 Å². The quantitative estimate of drug-likeness (QED) is 0.437. The minimum atomic E-state index is 0.0386. The number of benzene rings is 3. The van der Waals surface area contributed by atoms with Crippen LogP contribution in [0.15, 0.2) is 79.0 Å². The standard InChI is InChI=1S/C24H24N2O2/c1-28-21-12-8-18(9-13-21)24(17-6-10-20(27)11-7-17)25-15-14-19-16-26-23-5-3-2-4-22(19)23/h2-13,16,24-27H,14-15H2,1H3. The van der Waals surface area contributed by atoms with E-state index < -0.39 is 0 Å². The Hall–Kier alpha value is -3.24. The van der Waals surface area contributed by atoms with Crippen LogP contribution >= 0.6 is 0 Å². The molecular formula is C24H24N2O2. The predicted molar refractivity (Wildman–Crippen MR) is 113 cm³/mol. The van der Waals surface area contributed by atoms with Crippen molar-refractivity contribution in [3.05, 3.63) is 95.7 Å². The van der Waals surface area contributed by atoms with Crippen molar-refractivity contribution in [2.45, 2.75) is 12.5 Å². The molecule has 28 heavy (non-hydrogen) atoms. The molecule has 0 saturated carbocycles. The summed E-state index contributed by atoms with van der Waals surface area (Å²) in [4.78, 5) is 3.34. The SMILES string of the molecule is COc1ccc(C(NCCc2c[nH]c3ccccc23)c2ccc(O)cc2)cc1. The van der Waals surface area contributed by atoms with Crippen LogP contribution in [0.4, 0.5) is 0 Å². The summed E-state index contributed by atoms with van der Waals surface area (Å²) in [5.41, 5.74) is 4.75. The molecule has 1 atom stereocenters. The highest BCUT2D eigenvalue weighted by molar-refractivity contribution is 5.83. The van der Waals surface area contributed by atoms with Crippen LogP contribution in [0.2, 0.25) is 0 Å². The average Bonchev–Trinajstić information content (AvgIpc) is 3.15. The number of aromatic nitrogens is 1. The lowest BCUT2D eigenvalue weighted by molar-refractivity contribution is 0.414. The van der Waals surface area contributed by atoms with Crippen LogP contribution < -0.4 is 10.1 Å². The van der Waals surface area contributed by atoms with Gasteiger partial charge in [-0.2, -0.15) is 0 Å². The predicted octanol–water partition coefficient (Wildman–Crippen LogP) is 4.80. The molecule has 4 heteroatoms. The van der Waals surface area contributed by atoms with Gasteiger partial charge < -0.3 is 20.1 Å². The Morgan fingerprint density at radius 2 is 1.61 bits per heavy atom. The zero-order chi connectivity index (χ0) is 19.3. The summed E-state index contributed by atoms with van der Waals surface area (Å²) < 4.78 is 5.28. The topological polar surface area (TPSA) is 57.3 Å². The van der Waals surface area contributed by atoms with E-state index in [9.17, 15) is 5.11 Å². The maximum absolute atomic E-state index is 9.64. The van der Waals surface area contributed by atoms with Gasteiger partial charge in [0, 0.05) is 23.6 Å². The lowest BCUT2D eigenvalue weighted by Gasteiger charge is -2.20. The monoisotopic (exact) mass is 372 g/mol. The molecule has 4 aromatic rings. The van der Waals surface area contributed by atoms with Gasteiger partial charge in [-0.25, -0.2) is 0 Å². The van der Waals surface area contributed by atoms with Gasteiger partial charge in [0.1, 0.15) is 11.5 Å². The third-order valence-corrected chi connectivity index (χ3v) is 5.09. The number of rotatable bonds is 7. The molecule has 0 aliphatic heterocycles. The number of aromatic amines is 1. The van der Waals surface area contributed by atoms with Gasteiger partial charge in [0.05, 0.1) is 13.2 Å². The second-order valence-corrected chi connectivity index (χ2v) is 6.86. The second kappa shape index (κ2) is 8.19. The largest absolute Gasteiger partial charge is 0.508 e. The molecule has 0 fully saturated rings. The van der Waals surface area contributed by atoms with Crippen molar-refractivity contribution in [2.75, 3.05) is 13.7 Å². The first-order chi connectivity index (χ1) is 13.7. The van der Waals surface area contributed by atoms with E-state index in [1.54, 1.807) is 19.2 Å². The number of hydrogen-bond donors (Lipinski definition) is 3. The molecule has 0 bridgehead atoms. The van der Waals surface area contributed by atoms with Crippen LogP contribution in [0.3, 0.4) is 0 Å². The number of ether oxygens (including phenoxy) is 1. The van der Waals surface area contributed by atoms with Gasteiger partial charge in [-0.1, -0.05) is 42.5 Å². The Morgan fingerprint density at radius 3 is 2.32 bits per heavy atom. The van der Waals surface area contributed by atoms with E-state index in [1.807, 2.05) is 30.3 Å². The van der Waals surface area contributed by atoms with Gasteiger partial charge in [-0.15, -0.1) is 0 Å². The second-order valence-electron chi connectivity index (χ2n) is 6.86. The molecule has 1 unspecified atom stereocenters. The van der Waals surface area contributed by atoms with Gasteiger partial charge in [0.25, 0.3) is 0 Å². The molecule has 3 N–H and O–H groups in total. The molecule has 0 saturated heterocycles. The normalized spacial score (nSPS) is 12.2. The zero-order valence-electron chi connectivity index (χ0n) is 15.9. The van der Waals surface area contributed by atoms with Crippen molar-refractivity contribution in [2.24, 2.45) is 0 Å². The third kappa shape index (κ3) is 3.87. The molecule has 0 radical (unpaired) electrons. The number of H-pyrrole nitrogens is 1. The van der Waals surface area contributed by atoms with Crippen molar-refractivity contribution >= 4 is 10.9 Å². The maximum atomic E-state index is 9.64. The summed E-state index contributed by atoms with van der Waals surface area (Å²) in [6.07, 6.45) is 3.02. The number of phenolic OH excluding ortho intramolecular Hbond substituents is 1. The minimum absolute atomic E-state index is 0.0386. The van der Waals surface area contributed by atoms with E-state index in [1.165, 1.54) is 16.5 Å². The van der Waals surface area contributed by atoms with Crippen molar-refractivity contribution in [1.82, 2.24) is 10.3 Å². The Morgan fingerprint density at radius 1 is 0.929 bits per heavy atom. The zero-order valence-corrected chi connectivity index (χ0v) is 15.9. The molecule has 3 aromatic carbocycles. The van der Waals surface area contributed by atoms with Crippen LogP contribution in [0.5, 0.6) is 11.5 Å². The maximum Gasteiger partial charge on any atom is 0.118 e. The number of methoxy groups -OCH3 is 1. The molecule has 0 aliphatic rings. The molecule has 4 nitrogen and oxygen atoms in total. The summed E-state index contributed by atoms with van der Waals surface area (Å²) in [6, 6.07) is 23.9. The summed E-state index contributed by atoms with van der Waals surface area (Å²) >= 11 is 0. The first kappa shape index (κ1) is 18.1. The van der Waals surface area contributed by atoms with E-state index in [2.05, 4.69) is 46.8 Å². The molecule has 4 rings (SSSR count). The molecule has 0 amide bonds. The number of fused-ring (bicyclic) bond motifs is 1. The summed E-state index contributed by atoms with van der Waals surface area (Å²) in [5, 5.41) is 14.6. The molecular weight excluding hydrogens is 348 g/mol. The van der Waals surface area contributed by atoms with Crippen LogP contribution in [-0.4, -0.2) is 23.7 Å².